The predicted molar refractivity (Wildman–Crippen MR) is 61.3 cm³/mol. The van der Waals surface area contributed by atoms with E-state index < -0.39 is 26.7 Å². The van der Waals surface area contributed by atoms with Crippen molar-refractivity contribution in [3.8, 4) is 0 Å². The molecule has 0 saturated heterocycles. The molecule has 1 aromatic carbocycles. The maximum atomic E-state index is 11.2. The lowest BCUT2D eigenvalue weighted by molar-refractivity contribution is -0.384. The molecule has 3 unspecified atom stereocenters. The fraction of sp³-hybridized carbons (Fsp3) is 0.143. The van der Waals surface area contributed by atoms with Gasteiger partial charge in [-0.05, 0) is 21.2 Å². The third-order valence-electron chi connectivity index (χ3n) is 2.04. The minimum absolute atomic E-state index is 0.342. The Morgan fingerprint density at radius 2 is 1.79 bits per heavy atom. The zero-order valence-corrected chi connectivity index (χ0v) is 10.7. The number of nitroso groups, excluding NO2 is 1. The highest BCUT2D eigenvalue weighted by Crippen LogP contribution is 2.51. The van der Waals surface area contributed by atoms with E-state index >= 15 is 0 Å². The molecule has 0 aromatic heterocycles. The van der Waals surface area contributed by atoms with Gasteiger partial charge in [0.2, 0.25) is 0 Å². The number of nitro groups is 1. The molecular formula is C7H6N2O8P2+2. The van der Waals surface area contributed by atoms with Crippen molar-refractivity contribution in [3.63, 3.8) is 0 Å². The van der Waals surface area contributed by atoms with Crippen LogP contribution in [0, 0.1) is 15.0 Å². The first-order chi connectivity index (χ1) is 8.83. The molecule has 1 rings (SSSR count). The van der Waals surface area contributed by atoms with Gasteiger partial charge >= 0.3 is 21.7 Å². The van der Waals surface area contributed by atoms with E-state index in [1.807, 2.05) is 0 Å². The Labute approximate surface area is 107 Å². The summed E-state index contributed by atoms with van der Waals surface area (Å²) < 4.78 is 26.0. The topological polar surface area (TPSA) is 156 Å². The number of hydrogen-bond donors (Lipinski definition) is 2. The lowest BCUT2D eigenvalue weighted by atomic mass is 10.2. The molecule has 2 N–H and O–H groups in total. The van der Waals surface area contributed by atoms with E-state index in [1.54, 1.807) is 0 Å². The minimum atomic E-state index is -3.45. The van der Waals surface area contributed by atoms with Crippen molar-refractivity contribution in [2.24, 2.45) is 5.18 Å². The van der Waals surface area contributed by atoms with Crippen LogP contribution in [0.25, 0.3) is 0 Å². The summed E-state index contributed by atoms with van der Waals surface area (Å²) in [7, 11) is -6.84. The van der Waals surface area contributed by atoms with Crippen LogP contribution in [0.2, 0.25) is 0 Å². The van der Waals surface area contributed by atoms with E-state index in [4.69, 9.17) is 9.79 Å². The van der Waals surface area contributed by atoms with Gasteiger partial charge in [0.05, 0.1) is 10.5 Å². The normalized spacial score (nSPS) is 15.3. The Bertz CT molecular complexity index is 547. The molecule has 0 aliphatic carbocycles. The monoisotopic (exact) mass is 308 g/mol. The standard InChI is InChI=1S/C7H4N2O8P2/c10-8-7(18(13)14,17-19(15)16)5-1-3-6(4-2-5)9(11)12/h1-4H/p+2. The van der Waals surface area contributed by atoms with E-state index in [-0.39, 0.29) is 11.3 Å². The molecule has 12 heteroatoms. The number of nitrogens with zero attached hydrogens (tertiary/aromatic N) is 2. The van der Waals surface area contributed by atoms with Crippen LogP contribution in [0.3, 0.4) is 0 Å². The van der Waals surface area contributed by atoms with E-state index in [9.17, 15) is 24.2 Å². The van der Waals surface area contributed by atoms with Gasteiger partial charge in [-0.15, -0.1) is 9.80 Å². The van der Waals surface area contributed by atoms with Gasteiger partial charge in [-0.3, -0.25) is 10.1 Å². The molecule has 1 aromatic rings. The highest BCUT2D eigenvalue weighted by molar-refractivity contribution is 7.40. The Kier molecular flexibility index (Phi) is 4.82. The highest BCUT2D eigenvalue weighted by Gasteiger charge is 2.62. The summed E-state index contributed by atoms with van der Waals surface area (Å²) in [6, 6.07) is 3.73. The third kappa shape index (κ3) is 3.19. The first-order valence-corrected chi connectivity index (χ1v) is 6.78. The second-order valence-corrected chi connectivity index (χ2v) is 4.92. The van der Waals surface area contributed by atoms with Crippen molar-refractivity contribution in [2.75, 3.05) is 0 Å². The number of rotatable bonds is 6. The Morgan fingerprint density at radius 1 is 1.26 bits per heavy atom. The average molecular weight is 308 g/mol. The molecule has 0 spiro atoms. The lowest BCUT2D eigenvalue weighted by Crippen LogP contribution is -2.19. The summed E-state index contributed by atoms with van der Waals surface area (Å²) in [5.41, 5.74) is -3.48. The van der Waals surface area contributed by atoms with Gasteiger partial charge in [0.1, 0.15) is 0 Å². The molecule has 0 aliphatic heterocycles. The van der Waals surface area contributed by atoms with Crippen molar-refractivity contribution < 1.29 is 28.4 Å². The van der Waals surface area contributed by atoms with Gasteiger partial charge in [0, 0.05) is 21.9 Å². The van der Waals surface area contributed by atoms with E-state index in [1.165, 1.54) is 0 Å². The van der Waals surface area contributed by atoms with Crippen LogP contribution < -0.4 is 0 Å². The van der Waals surface area contributed by atoms with Crippen LogP contribution in [0.4, 0.5) is 5.69 Å². The first kappa shape index (κ1) is 15.4. The summed E-state index contributed by atoms with van der Waals surface area (Å²) in [6.45, 7) is 0. The lowest BCUT2D eigenvalue weighted by Gasteiger charge is -2.06. The van der Waals surface area contributed by atoms with Gasteiger partial charge in [0.15, 0.2) is 0 Å². The molecule has 0 bridgehead atoms. The smallest absolute Gasteiger partial charge is 0.258 e. The Morgan fingerprint density at radius 3 is 2.11 bits per heavy atom. The van der Waals surface area contributed by atoms with Gasteiger partial charge in [-0.1, -0.05) is 0 Å². The van der Waals surface area contributed by atoms with Crippen LogP contribution in [-0.2, 0) is 19.1 Å². The number of benzene rings is 1. The minimum Gasteiger partial charge on any atom is -0.258 e. The van der Waals surface area contributed by atoms with Gasteiger partial charge in [-0.25, -0.2) is 0 Å². The largest absolute Gasteiger partial charge is 0.702 e. The maximum Gasteiger partial charge on any atom is 0.702 e. The van der Waals surface area contributed by atoms with E-state index in [0.717, 1.165) is 24.3 Å². The highest BCUT2D eigenvalue weighted by atomic mass is 31.1. The van der Waals surface area contributed by atoms with Crippen molar-refractivity contribution in [1.29, 1.82) is 0 Å². The Balaban J connectivity index is 3.32. The second kappa shape index (κ2) is 5.96. The van der Waals surface area contributed by atoms with Crippen LogP contribution in [-0.4, -0.2) is 14.7 Å². The second-order valence-electron chi connectivity index (χ2n) is 3.11. The van der Waals surface area contributed by atoms with Gasteiger partial charge in [-0.2, -0.15) is 4.89 Å². The van der Waals surface area contributed by atoms with E-state index in [0.29, 0.717) is 0 Å². The molecule has 0 aliphatic rings. The summed E-state index contributed by atoms with van der Waals surface area (Å²) in [4.78, 5) is 38.1. The van der Waals surface area contributed by atoms with Crippen LogP contribution in [0.5, 0.6) is 0 Å². The molecule has 0 radical (unpaired) electrons. The fourth-order valence-corrected chi connectivity index (χ4v) is 2.50. The average Bonchev–Trinajstić information content (AvgIpc) is 2.35. The molecule has 19 heavy (non-hydrogen) atoms. The number of hydrogen-bond acceptors (Lipinski definition) is 7. The molecule has 3 atom stereocenters. The van der Waals surface area contributed by atoms with Crippen LogP contribution >= 0.6 is 16.3 Å². The van der Waals surface area contributed by atoms with Crippen molar-refractivity contribution >= 4 is 22.0 Å². The van der Waals surface area contributed by atoms with Crippen LogP contribution in [0.15, 0.2) is 29.4 Å². The molecular weight excluding hydrogens is 302 g/mol. The van der Waals surface area contributed by atoms with Crippen molar-refractivity contribution in [3.05, 3.63) is 44.9 Å². The van der Waals surface area contributed by atoms with Gasteiger partial charge in [0.25, 0.3) is 5.69 Å². The number of nitro benzene ring substituents is 1. The summed E-state index contributed by atoms with van der Waals surface area (Å²) in [5.74, 6) is 0. The summed E-state index contributed by atoms with van der Waals surface area (Å²) in [5, 5.41) is 12.7. The predicted octanol–water partition coefficient (Wildman–Crippen LogP) is 1.87. The van der Waals surface area contributed by atoms with Crippen molar-refractivity contribution in [1.82, 2.24) is 0 Å². The molecule has 0 fully saturated rings. The third-order valence-corrected chi connectivity index (χ3v) is 3.56. The van der Waals surface area contributed by atoms with E-state index in [2.05, 4.69) is 9.70 Å². The zero-order valence-electron chi connectivity index (χ0n) is 8.94. The molecule has 0 amide bonds. The maximum absolute atomic E-state index is 11.2. The van der Waals surface area contributed by atoms with Crippen LogP contribution in [0.1, 0.15) is 5.56 Å². The quantitative estimate of drug-likeness (QED) is 0.349. The summed E-state index contributed by atoms with van der Waals surface area (Å²) >= 11 is 0. The van der Waals surface area contributed by atoms with Crippen molar-refractivity contribution in [2.45, 2.75) is 5.47 Å². The molecule has 100 valence electrons. The first-order valence-electron chi connectivity index (χ1n) is 4.44. The summed E-state index contributed by atoms with van der Waals surface area (Å²) in [6.07, 6.45) is 0. The van der Waals surface area contributed by atoms with Gasteiger partial charge < -0.3 is 0 Å². The number of non-ortho nitro benzene ring substituents is 1. The molecule has 10 nitrogen and oxygen atoms in total. The molecule has 0 heterocycles. The molecule has 0 saturated carbocycles. The SMILES string of the molecule is O=NC(O[P+](=O)O)(c1ccc([N+](=O)[O-])cc1)[P+](=O)O. The fourth-order valence-electron chi connectivity index (χ4n) is 1.21. The Hall–Kier alpha value is -1.70. The zero-order chi connectivity index (χ0) is 14.6.